The van der Waals surface area contributed by atoms with E-state index >= 15 is 0 Å². The van der Waals surface area contributed by atoms with E-state index in [9.17, 15) is 4.39 Å². The topological polar surface area (TPSA) is 56.7 Å². The zero-order valence-electron chi connectivity index (χ0n) is 9.24. The summed E-state index contributed by atoms with van der Waals surface area (Å²) in [4.78, 5) is 0. The molecule has 2 aromatic rings. The number of nitrogens with zero attached hydrogens (tertiary/aromatic N) is 3. The van der Waals surface area contributed by atoms with Gasteiger partial charge in [-0.3, -0.25) is 0 Å². The smallest absolute Gasteiger partial charge is 0.166 e. The van der Waals surface area contributed by atoms with Gasteiger partial charge in [0.15, 0.2) is 5.82 Å². The molecule has 1 aromatic carbocycles. The Morgan fingerprint density at radius 3 is 2.75 bits per heavy atom. The highest BCUT2D eigenvalue weighted by Crippen LogP contribution is 2.22. The first-order valence-corrected chi connectivity index (χ1v) is 4.99. The molecule has 16 heavy (non-hydrogen) atoms. The van der Waals surface area contributed by atoms with Gasteiger partial charge in [0.2, 0.25) is 0 Å². The van der Waals surface area contributed by atoms with Gasteiger partial charge < -0.3 is 10.3 Å². The van der Waals surface area contributed by atoms with Crippen molar-refractivity contribution in [1.29, 1.82) is 0 Å². The van der Waals surface area contributed by atoms with Crippen LogP contribution in [0.5, 0.6) is 0 Å². The minimum atomic E-state index is -0.262. The van der Waals surface area contributed by atoms with Crippen LogP contribution in [-0.2, 0) is 13.6 Å². The predicted octanol–water partition coefficient (Wildman–Crippen LogP) is 1.39. The summed E-state index contributed by atoms with van der Waals surface area (Å²) < 4.78 is 15.6. The van der Waals surface area contributed by atoms with Gasteiger partial charge in [-0.2, -0.15) is 0 Å². The normalized spacial score (nSPS) is 10.8. The molecule has 4 nitrogen and oxygen atoms in total. The van der Waals surface area contributed by atoms with Gasteiger partial charge in [-0.1, -0.05) is 12.1 Å². The van der Waals surface area contributed by atoms with Crippen LogP contribution in [0.1, 0.15) is 11.4 Å². The second kappa shape index (κ2) is 4.02. The van der Waals surface area contributed by atoms with Gasteiger partial charge in [0.05, 0.1) is 12.1 Å². The number of aromatic nitrogens is 3. The van der Waals surface area contributed by atoms with E-state index in [1.54, 1.807) is 36.7 Å². The first-order chi connectivity index (χ1) is 7.65. The first-order valence-electron chi connectivity index (χ1n) is 4.99. The molecule has 0 aliphatic rings. The van der Waals surface area contributed by atoms with Crippen molar-refractivity contribution in [3.8, 4) is 11.4 Å². The summed E-state index contributed by atoms with van der Waals surface area (Å²) in [5, 5.41) is 7.85. The highest BCUT2D eigenvalue weighted by Gasteiger charge is 2.14. The Hall–Kier alpha value is -1.75. The van der Waals surface area contributed by atoms with E-state index in [2.05, 4.69) is 10.2 Å². The van der Waals surface area contributed by atoms with E-state index in [-0.39, 0.29) is 12.4 Å². The lowest BCUT2D eigenvalue weighted by atomic mass is 10.1. The second-order valence-electron chi connectivity index (χ2n) is 3.64. The molecular formula is C11H13FN4. The van der Waals surface area contributed by atoms with Crippen molar-refractivity contribution in [3.05, 3.63) is 35.4 Å². The molecule has 1 aromatic heterocycles. The Labute approximate surface area is 92.9 Å². The Morgan fingerprint density at radius 2 is 2.12 bits per heavy atom. The van der Waals surface area contributed by atoms with Crippen LogP contribution in [0.15, 0.2) is 18.2 Å². The molecule has 0 spiro atoms. The molecule has 2 rings (SSSR count). The highest BCUT2D eigenvalue weighted by atomic mass is 19.1. The van der Waals surface area contributed by atoms with Crippen molar-refractivity contribution < 1.29 is 4.39 Å². The summed E-state index contributed by atoms with van der Waals surface area (Å²) in [7, 11) is 1.78. The van der Waals surface area contributed by atoms with Gasteiger partial charge in [-0.05, 0) is 18.6 Å². The van der Waals surface area contributed by atoms with Crippen molar-refractivity contribution in [2.75, 3.05) is 0 Å². The largest absolute Gasteiger partial charge is 0.324 e. The second-order valence-corrected chi connectivity index (χ2v) is 3.64. The molecule has 0 atom stereocenters. The Bertz CT molecular complexity index is 519. The van der Waals surface area contributed by atoms with E-state index in [0.29, 0.717) is 22.8 Å². The van der Waals surface area contributed by atoms with Crippen molar-refractivity contribution >= 4 is 0 Å². The number of rotatable bonds is 2. The fourth-order valence-electron chi connectivity index (χ4n) is 1.59. The van der Waals surface area contributed by atoms with Gasteiger partial charge in [0, 0.05) is 7.05 Å². The summed E-state index contributed by atoms with van der Waals surface area (Å²) in [5.41, 5.74) is 6.54. The maximum Gasteiger partial charge on any atom is 0.166 e. The molecule has 0 aliphatic carbocycles. The summed E-state index contributed by atoms with van der Waals surface area (Å²) in [6.07, 6.45) is 0. The van der Waals surface area contributed by atoms with Crippen LogP contribution in [0.3, 0.4) is 0 Å². The number of nitrogens with two attached hydrogens (primary N) is 1. The Balaban J connectivity index is 2.59. The maximum absolute atomic E-state index is 13.9. The molecule has 1 heterocycles. The number of aryl methyl sites for hydroxylation is 1. The average molecular weight is 220 g/mol. The van der Waals surface area contributed by atoms with Gasteiger partial charge >= 0.3 is 0 Å². The standard InChI is InChI=1S/C11H13FN4/c1-7-4-3-5-8(10(7)12)11-15-14-9(6-13)16(11)2/h3-5H,6,13H2,1-2H3. The molecule has 0 bridgehead atoms. The van der Waals surface area contributed by atoms with Gasteiger partial charge in [-0.15, -0.1) is 10.2 Å². The zero-order chi connectivity index (χ0) is 11.7. The summed E-state index contributed by atoms with van der Waals surface area (Å²) in [5.74, 6) is 0.874. The van der Waals surface area contributed by atoms with E-state index in [4.69, 9.17) is 5.73 Å². The van der Waals surface area contributed by atoms with Crippen molar-refractivity contribution in [1.82, 2.24) is 14.8 Å². The third kappa shape index (κ3) is 1.59. The van der Waals surface area contributed by atoms with Crippen LogP contribution in [0, 0.1) is 12.7 Å². The Morgan fingerprint density at radius 1 is 1.38 bits per heavy atom. The van der Waals surface area contributed by atoms with Gasteiger partial charge in [0.25, 0.3) is 0 Å². The van der Waals surface area contributed by atoms with E-state index in [1.807, 2.05) is 0 Å². The van der Waals surface area contributed by atoms with Crippen LogP contribution < -0.4 is 5.73 Å². The van der Waals surface area contributed by atoms with Crippen LogP contribution >= 0.6 is 0 Å². The van der Waals surface area contributed by atoms with E-state index < -0.39 is 0 Å². The van der Waals surface area contributed by atoms with Gasteiger partial charge in [0.1, 0.15) is 11.6 Å². The van der Waals surface area contributed by atoms with E-state index in [0.717, 1.165) is 0 Å². The van der Waals surface area contributed by atoms with Gasteiger partial charge in [-0.25, -0.2) is 4.39 Å². The molecule has 84 valence electrons. The fraction of sp³-hybridized carbons (Fsp3) is 0.273. The summed E-state index contributed by atoms with van der Waals surface area (Å²) in [6.45, 7) is 2.01. The van der Waals surface area contributed by atoms with Crippen LogP contribution in [0.2, 0.25) is 0 Å². The SMILES string of the molecule is Cc1cccc(-c2nnc(CN)n2C)c1F. The molecule has 0 saturated carbocycles. The van der Waals surface area contributed by atoms with Crippen LogP contribution in [0.4, 0.5) is 4.39 Å². The predicted molar refractivity (Wildman–Crippen MR) is 59.0 cm³/mol. The van der Waals surface area contributed by atoms with Crippen molar-refractivity contribution in [3.63, 3.8) is 0 Å². The van der Waals surface area contributed by atoms with Crippen molar-refractivity contribution in [2.45, 2.75) is 13.5 Å². The number of benzene rings is 1. The molecule has 5 heteroatoms. The van der Waals surface area contributed by atoms with E-state index in [1.165, 1.54) is 0 Å². The highest BCUT2D eigenvalue weighted by molar-refractivity contribution is 5.57. The summed E-state index contributed by atoms with van der Waals surface area (Å²) in [6, 6.07) is 5.20. The monoisotopic (exact) mass is 220 g/mol. The molecule has 0 aliphatic heterocycles. The molecule has 0 fully saturated rings. The van der Waals surface area contributed by atoms with Crippen molar-refractivity contribution in [2.24, 2.45) is 12.8 Å². The lowest BCUT2D eigenvalue weighted by Gasteiger charge is -2.05. The Kier molecular flexibility index (Phi) is 2.70. The minimum absolute atomic E-state index is 0.262. The fourth-order valence-corrected chi connectivity index (χ4v) is 1.59. The zero-order valence-corrected chi connectivity index (χ0v) is 9.24. The molecule has 0 amide bonds. The molecule has 0 saturated heterocycles. The quantitative estimate of drug-likeness (QED) is 0.832. The minimum Gasteiger partial charge on any atom is -0.324 e. The van der Waals surface area contributed by atoms with Crippen LogP contribution in [0.25, 0.3) is 11.4 Å². The lowest BCUT2D eigenvalue weighted by molar-refractivity contribution is 0.619. The number of halogens is 1. The maximum atomic E-state index is 13.9. The molecule has 0 unspecified atom stereocenters. The third-order valence-corrected chi connectivity index (χ3v) is 2.58. The lowest BCUT2D eigenvalue weighted by Crippen LogP contribution is -2.06. The molecular weight excluding hydrogens is 207 g/mol. The third-order valence-electron chi connectivity index (χ3n) is 2.58. The number of hydrogen-bond donors (Lipinski definition) is 1. The first kappa shape index (κ1) is 10.8. The summed E-state index contributed by atoms with van der Waals surface area (Å²) >= 11 is 0. The number of hydrogen-bond acceptors (Lipinski definition) is 3. The molecule has 0 radical (unpaired) electrons. The average Bonchev–Trinajstić information content (AvgIpc) is 2.64. The molecule has 2 N–H and O–H groups in total. The van der Waals surface area contributed by atoms with Crippen LogP contribution in [-0.4, -0.2) is 14.8 Å².